The largest absolute Gasteiger partial charge is 0.299 e. The van der Waals surface area contributed by atoms with Crippen molar-refractivity contribution in [2.75, 3.05) is 0 Å². The average molecular weight is 112 g/mol. The first-order valence-corrected chi connectivity index (χ1v) is 2.87. The molecule has 0 atom stereocenters. The second-order valence-corrected chi connectivity index (χ2v) is 2.19. The van der Waals surface area contributed by atoms with Crippen LogP contribution < -0.4 is 0 Å². The monoisotopic (exact) mass is 112 g/mol. The maximum absolute atomic E-state index is 9.70. The van der Waals surface area contributed by atoms with Crippen molar-refractivity contribution >= 4 is 6.29 Å². The zero-order valence-corrected chi connectivity index (χ0v) is 5.42. The van der Waals surface area contributed by atoms with Crippen LogP contribution in [0.4, 0.5) is 0 Å². The zero-order valence-electron chi connectivity index (χ0n) is 5.42. The second-order valence-electron chi connectivity index (χ2n) is 2.19. The molecule has 0 rings (SSSR count). The number of hydrogen-bond donors (Lipinski definition) is 0. The lowest BCUT2D eigenvalue weighted by molar-refractivity contribution is -0.104. The number of aldehydes is 1. The van der Waals surface area contributed by atoms with Crippen LogP contribution in [0.15, 0.2) is 12.2 Å². The van der Waals surface area contributed by atoms with Crippen molar-refractivity contribution in [2.45, 2.75) is 20.3 Å². The van der Waals surface area contributed by atoms with Crippen molar-refractivity contribution in [2.24, 2.45) is 5.92 Å². The standard InChI is InChI=1S/C7H12O/c1-7(2)5-3-4-6-8/h3-4,6-7H,5H2,1-2H3. The molecule has 0 fully saturated rings. The predicted molar refractivity (Wildman–Crippen MR) is 34.7 cm³/mol. The Morgan fingerprint density at radius 3 is 2.50 bits per heavy atom. The van der Waals surface area contributed by atoms with Gasteiger partial charge in [-0.2, -0.15) is 0 Å². The van der Waals surface area contributed by atoms with E-state index in [0.29, 0.717) is 5.92 Å². The molecule has 0 saturated carbocycles. The third kappa shape index (κ3) is 5.41. The SMILES string of the molecule is CC(C)CC=CC=O. The molecule has 0 bridgehead atoms. The number of rotatable bonds is 3. The zero-order chi connectivity index (χ0) is 6.41. The molecule has 0 radical (unpaired) electrons. The van der Waals surface area contributed by atoms with Gasteiger partial charge in [-0.1, -0.05) is 19.9 Å². The Balaban J connectivity index is 3.15. The Bertz CT molecular complexity index is 82.4. The van der Waals surface area contributed by atoms with Crippen LogP contribution in [0.1, 0.15) is 20.3 Å². The fourth-order valence-corrected chi connectivity index (χ4v) is 0.406. The Morgan fingerprint density at radius 2 is 2.12 bits per heavy atom. The van der Waals surface area contributed by atoms with Crippen LogP contribution in [0.3, 0.4) is 0 Å². The molecule has 0 aromatic rings. The highest BCUT2D eigenvalue weighted by molar-refractivity contribution is 5.64. The molecule has 0 aliphatic rings. The van der Waals surface area contributed by atoms with Crippen molar-refractivity contribution in [3.63, 3.8) is 0 Å². The number of hydrogen-bond acceptors (Lipinski definition) is 1. The smallest absolute Gasteiger partial charge is 0.142 e. The van der Waals surface area contributed by atoms with Crippen LogP contribution in [0, 0.1) is 5.92 Å². The molecule has 0 heterocycles. The summed E-state index contributed by atoms with van der Waals surface area (Å²) in [7, 11) is 0. The third-order valence-electron chi connectivity index (χ3n) is 0.822. The van der Waals surface area contributed by atoms with E-state index >= 15 is 0 Å². The average Bonchev–Trinajstić information content (AvgIpc) is 1.66. The van der Waals surface area contributed by atoms with Gasteiger partial charge in [0.15, 0.2) is 0 Å². The molecule has 0 spiro atoms. The minimum Gasteiger partial charge on any atom is -0.299 e. The van der Waals surface area contributed by atoms with E-state index in [9.17, 15) is 4.79 Å². The summed E-state index contributed by atoms with van der Waals surface area (Å²) in [4.78, 5) is 9.70. The highest BCUT2D eigenvalue weighted by Crippen LogP contribution is 1.98. The third-order valence-corrected chi connectivity index (χ3v) is 0.822. The summed E-state index contributed by atoms with van der Waals surface area (Å²) < 4.78 is 0. The molecule has 1 heteroatoms. The number of carbonyl (C=O) groups excluding carboxylic acids is 1. The predicted octanol–water partition coefficient (Wildman–Crippen LogP) is 1.79. The topological polar surface area (TPSA) is 17.1 Å². The summed E-state index contributed by atoms with van der Waals surface area (Å²) in [6, 6.07) is 0. The molecule has 0 aromatic carbocycles. The van der Waals surface area contributed by atoms with Crippen LogP contribution in [-0.4, -0.2) is 6.29 Å². The van der Waals surface area contributed by atoms with Gasteiger partial charge in [-0.05, 0) is 18.4 Å². The van der Waals surface area contributed by atoms with Gasteiger partial charge in [0, 0.05) is 0 Å². The molecule has 0 unspecified atom stereocenters. The normalized spacial score (nSPS) is 10.9. The molecule has 0 N–H and O–H groups in total. The van der Waals surface area contributed by atoms with Gasteiger partial charge < -0.3 is 0 Å². The molecule has 0 aliphatic heterocycles. The first-order valence-electron chi connectivity index (χ1n) is 2.87. The van der Waals surface area contributed by atoms with E-state index in [-0.39, 0.29) is 0 Å². The summed E-state index contributed by atoms with van der Waals surface area (Å²) in [5, 5.41) is 0. The molecular weight excluding hydrogens is 100 g/mol. The highest BCUT2D eigenvalue weighted by Gasteiger charge is 1.84. The van der Waals surface area contributed by atoms with Gasteiger partial charge in [-0.15, -0.1) is 0 Å². The van der Waals surface area contributed by atoms with E-state index in [1.54, 1.807) is 6.08 Å². The highest BCUT2D eigenvalue weighted by atomic mass is 16.1. The summed E-state index contributed by atoms with van der Waals surface area (Å²) in [6.45, 7) is 4.24. The minimum atomic E-state index is 0.659. The maximum Gasteiger partial charge on any atom is 0.142 e. The summed E-state index contributed by atoms with van der Waals surface area (Å²) in [6.07, 6.45) is 5.23. The molecule has 0 aromatic heterocycles. The van der Waals surface area contributed by atoms with E-state index < -0.39 is 0 Å². The van der Waals surface area contributed by atoms with Gasteiger partial charge in [-0.25, -0.2) is 0 Å². The van der Waals surface area contributed by atoms with Crippen LogP contribution in [0.5, 0.6) is 0 Å². The fraction of sp³-hybridized carbons (Fsp3) is 0.571. The van der Waals surface area contributed by atoms with Gasteiger partial charge in [-0.3, -0.25) is 4.79 Å². The van der Waals surface area contributed by atoms with Crippen LogP contribution in [0.25, 0.3) is 0 Å². The minimum absolute atomic E-state index is 0.659. The Kier molecular flexibility index (Phi) is 4.23. The van der Waals surface area contributed by atoms with Gasteiger partial charge in [0.1, 0.15) is 6.29 Å². The van der Waals surface area contributed by atoms with Gasteiger partial charge in [0.05, 0.1) is 0 Å². The van der Waals surface area contributed by atoms with E-state index in [4.69, 9.17) is 0 Å². The lowest BCUT2D eigenvalue weighted by Gasteiger charge is -1.93. The lowest BCUT2D eigenvalue weighted by atomic mass is 10.1. The van der Waals surface area contributed by atoms with Crippen LogP contribution in [-0.2, 0) is 4.79 Å². The second kappa shape index (κ2) is 4.57. The van der Waals surface area contributed by atoms with Gasteiger partial charge in [0.25, 0.3) is 0 Å². The van der Waals surface area contributed by atoms with E-state index in [1.165, 1.54) is 0 Å². The number of carbonyl (C=O) groups is 1. The molecule has 0 amide bonds. The first kappa shape index (κ1) is 7.41. The Labute approximate surface area is 50.4 Å². The molecule has 0 aliphatic carbocycles. The molecule has 46 valence electrons. The van der Waals surface area contributed by atoms with Crippen molar-refractivity contribution < 1.29 is 4.79 Å². The quantitative estimate of drug-likeness (QED) is 0.402. The summed E-state index contributed by atoms with van der Waals surface area (Å²) in [5.41, 5.74) is 0. The van der Waals surface area contributed by atoms with Crippen molar-refractivity contribution in [1.29, 1.82) is 0 Å². The first-order chi connectivity index (χ1) is 3.77. The van der Waals surface area contributed by atoms with Gasteiger partial charge >= 0.3 is 0 Å². The van der Waals surface area contributed by atoms with Crippen LogP contribution >= 0.6 is 0 Å². The van der Waals surface area contributed by atoms with Crippen molar-refractivity contribution in [1.82, 2.24) is 0 Å². The molecule has 1 nitrogen and oxygen atoms in total. The van der Waals surface area contributed by atoms with E-state index in [0.717, 1.165) is 12.7 Å². The van der Waals surface area contributed by atoms with Crippen LogP contribution in [0.2, 0.25) is 0 Å². The fourth-order valence-electron chi connectivity index (χ4n) is 0.406. The molecule has 8 heavy (non-hydrogen) atoms. The van der Waals surface area contributed by atoms with Crippen molar-refractivity contribution in [3.8, 4) is 0 Å². The van der Waals surface area contributed by atoms with Gasteiger partial charge in [0.2, 0.25) is 0 Å². The lowest BCUT2D eigenvalue weighted by Crippen LogP contribution is -1.80. The molecular formula is C7H12O. The Morgan fingerprint density at radius 1 is 1.50 bits per heavy atom. The summed E-state index contributed by atoms with van der Waals surface area (Å²) in [5.74, 6) is 0.659. The maximum atomic E-state index is 9.70. The van der Waals surface area contributed by atoms with Crippen molar-refractivity contribution in [3.05, 3.63) is 12.2 Å². The van der Waals surface area contributed by atoms with E-state index in [1.807, 2.05) is 6.08 Å². The van der Waals surface area contributed by atoms with E-state index in [2.05, 4.69) is 13.8 Å². The summed E-state index contributed by atoms with van der Waals surface area (Å²) >= 11 is 0. The number of allylic oxidation sites excluding steroid dienone is 2. The Hall–Kier alpha value is -0.590. The molecule has 0 saturated heterocycles.